The van der Waals surface area contributed by atoms with E-state index in [1.807, 2.05) is 18.2 Å². The number of hydrogen-bond donors (Lipinski definition) is 4. The van der Waals surface area contributed by atoms with Crippen molar-refractivity contribution in [3.63, 3.8) is 0 Å². The number of ether oxygens (including phenoxy) is 1. The van der Waals surface area contributed by atoms with Gasteiger partial charge in [-0.2, -0.15) is 5.26 Å². The highest BCUT2D eigenvalue weighted by Gasteiger charge is 2.73. The molecule has 3 fully saturated rings. The Kier molecular flexibility index (Phi) is 5.32. The molecule has 0 radical (unpaired) electrons. The third-order valence-electron chi connectivity index (χ3n) is 10.1. The molecule has 5 aliphatic rings. The molecule has 4 N–H and O–H groups in total. The van der Waals surface area contributed by atoms with Crippen molar-refractivity contribution >= 4 is 29.2 Å². The van der Waals surface area contributed by atoms with Crippen LogP contribution in [0.15, 0.2) is 36.4 Å². The van der Waals surface area contributed by atoms with Crippen LogP contribution in [-0.4, -0.2) is 62.9 Å². The number of aliphatic hydroxyl groups is 1. The van der Waals surface area contributed by atoms with E-state index >= 15 is 0 Å². The minimum Gasteiger partial charge on any atom is -0.504 e. The number of piperidine rings is 1. The summed E-state index contributed by atoms with van der Waals surface area (Å²) in [6, 6.07) is 12.7. The molecule has 3 heterocycles. The van der Waals surface area contributed by atoms with E-state index in [1.165, 1.54) is 12.8 Å². The van der Waals surface area contributed by atoms with Crippen LogP contribution in [0.3, 0.4) is 0 Å². The number of aromatic nitrogens is 1. The van der Waals surface area contributed by atoms with Crippen LogP contribution in [-0.2, 0) is 11.8 Å². The average molecular weight is 547 g/mol. The van der Waals surface area contributed by atoms with Gasteiger partial charge in [0.15, 0.2) is 11.5 Å². The topological polar surface area (TPSA) is 122 Å². The van der Waals surface area contributed by atoms with Crippen molar-refractivity contribution in [1.29, 1.82) is 5.26 Å². The van der Waals surface area contributed by atoms with Crippen LogP contribution in [0.1, 0.15) is 59.3 Å². The summed E-state index contributed by atoms with van der Waals surface area (Å²) < 4.78 is 6.57. The van der Waals surface area contributed by atoms with Crippen molar-refractivity contribution in [1.82, 2.24) is 15.2 Å². The minimum atomic E-state index is -0.987. The molecule has 3 aliphatic carbocycles. The summed E-state index contributed by atoms with van der Waals surface area (Å²) in [6.07, 6.45) is 4.67. The minimum absolute atomic E-state index is 0. The molecule has 202 valence electrons. The number of H-pyrrole nitrogens is 1. The summed E-state index contributed by atoms with van der Waals surface area (Å²) >= 11 is 0. The van der Waals surface area contributed by atoms with Crippen molar-refractivity contribution in [3.8, 4) is 17.6 Å². The summed E-state index contributed by atoms with van der Waals surface area (Å²) in [4.78, 5) is 19.2. The summed E-state index contributed by atoms with van der Waals surface area (Å²) in [5, 5.41) is 36.8. The Labute approximate surface area is 232 Å². The number of carbonyl (C=O) groups is 1. The molecule has 1 saturated heterocycles. The van der Waals surface area contributed by atoms with Crippen LogP contribution in [0.25, 0.3) is 10.9 Å². The van der Waals surface area contributed by atoms with E-state index < -0.39 is 17.1 Å². The number of benzene rings is 2. The SMILES string of the molecule is Cl.N#Cc1cc2cccc(C(=O)N[C@@H]3CC[C@@]4(O)[C@H]5Cc6ccc(O)c7c6[C@@]4(CCN5CC4CC4)[C@H]3O7)c2[nH]1. The molecule has 8 nitrogen and oxygen atoms in total. The molecule has 5 atom stereocenters. The Balaban J connectivity index is 0.00000253. The van der Waals surface area contributed by atoms with Crippen LogP contribution in [0, 0.1) is 17.2 Å². The average Bonchev–Trinajstić information content (AvgIpc) is 3.50. The zero-order chi connectivity index (χ0) is 25.8. The Morgan fingerprint density at radius 3 is 2.87 bits per heavy atom. The molecule has 9 heteroatoms. The predicted octanol–water partition coefficient (Wildman–Crippen LogP) is 3.53. The number of nitriles is 1. The molecule has 2 aromatic carbocycles. The van der Waals surface area contributed by atoms with E-state index in [1.54, 1.807) is 18.2 Å². The fourth-order valence-electron chi connectivity index (χ4n) is 8.28. The zero-order valence-corrected chi connectivity index (χ0v) is 22.3. The van der Waals surface area contributed by atoms with Gasteiger partial charge in [0.25, 0.3) is 5.91 Å². The third-order valence-corrected chi connectivity index (χ3v) is 10.1. The number of nitrogens with zero attached hydrogens (tertiary/aromatic N) is 2. The summed E-state index contributed by atoms with van der Waals surface area (Å²) in [5.41, 5.74) is 1.95. The lowest BCUT2D eigenvalue weighted by Crippen LogP contribution is -2.78. The van der Waals surface area contributed by atoms with Crippen LogP contribution >= 0.6 is 12.4 Å². The van der Waals surface area contributed by atoms with Crippen LogP contribution in [0.2, 0.25) is 0 Å². The lowest BCUT2D eigenvalue weighted by Gasteiger charge is -2.64. The first-order chi connectivity index (χ1) is 18.4. The Morgan fingerprint density at radius 1 is 1.23 bits per heavy atom. The van der Waals surface area contributed by atoms with Crippen molar-refractivity contribution in [2.24, 2.45) is 5.92 Å². The largest absolute Gasteiger partial charge is 0.504 e. The lowest BCUT2D eigenvalue weighted by molar-refractivity contribution is -0.191. The van der Waals surface area contributed by atoms with Gasteiger partial charge in [0.2, 0.25) is 0 Å². The molecular weight excluding hydrogens is 516 g/mol. The molecule has 2 bridgehead atoms. The maximum absolute atomic E-state index is 13.7. The molecule has 1 amide bonds. The quantitative estimate of drug-likeness (QED) is 0.397. The lowest BCUT2D eigenvalue weighted by atomic mass is 9.48. The fourth-order valence-corrected chi connectivity index (χ4v) is 8.28. The third kappa shape index (κ3) is 3.21. The molecule has 1 spiro atoms. The monoisotopic (exact) mass is 546 g/mol. The fraction of sp³-hybridized carbons (Fsp3) is 0.467. The maximum Gasteiger partial charge on any atom is 0.253 e. The number of carbonyl (C=O) groups excluding carboxylic acids is 1. The summed E-state index contributed by atoms with van der Waals surface area (Å²) in [7, 11) is 0. The van der Waals surface area contributed by atoms with E-state index in [4.69, 9.17) is 4.74 Å². The molecular formula is C30H31ClN4O4. The number of aromatic hydroxyl groups is 1. The molecule has 0 unspecified atom stereocenters. The number of phenols is 1. The smallest absolute Gasteiger partial charge is 0.253 e. The predicted molar refractivity (Wildman–Crippen MR) is 146 cm³/mol. The second kappa shape index (κ2) is 8.37. The van der Waals surface area contributed by atoms with Gasteiger partial charge < -0.3 is 25.3 Å². The van der Waals surface area contributed by atoms with Crippen LogP contribution in [0.5, 0.6) is 11.5 Å². The maximum atomic E-state index is 13.7. The number of halogens is 1. The van der Waals surface area contributed by atoms with E-state index in [0.717, 1.165) is 48.4 Å². The van der Waals surface area contributed by atoms with Crippen molar-refractivity contribution in [3.05, 3.63) is 58.8 Å². The number of hydrogen-bond acceptors (Lipinski definition) is 6. The van der Waals surface area contributed by atoms with Gasteiger partial charge in [-0.3, -0.25) is 9.69 Å². The summed E-state index contributed by atoms with van der Waals surface area (Å²) in [6.45, 7) is 1.90. The first-order valence-electron chi connectivity index (χ1n) is 13.7. The highest BCUT2D eigenvalue weighted by molar-refractivity contribution is 6.06. The zero-order valence-electron chi connectivity index (χ0n) is 21.4. The number of rotatable bonds is 4. The standard InChI is InChI=1S/C30H30N4O4.ClH/c31-14-19-12-18-2-1-3-20(25(18)32-19)28(36)33-21-8-9-30(37)23-13-17-6-7-22(35)26-24(17)29(30,27(21)38-26)10-11-34(23)15-16-4-5-16;/h1-3,6-7,12,16,21,23,27,32,35,37H,4-5,8-11,13,15H2,(H,33,36);1H/t21-,23-,27+,29+,30-;/m1./s1. The van der Waals surface area contributed by atoms with Crippen LogP contribution in [0.4, 0.5) is 0 Å². The number of amides is 1. The number of nitrogens with one attached hydrogen (secondary N) is 2. The van der Waals surface area contributed by atoms with Crippen molar-refractivity contribution < 1.29 is 19.7 Å². The highest BCUT2D eigenvalue weighted by atomic mass is 35.5. The molecule has 39 heavy (non-hydrogen) atoms. The normalized spacial score (nSPS) is 32.1. The highest BCUT2D eigenvalue weighted by Crippen LogP contribution is 2.65. The van der Waals surface area contributed by atoms with E-state index in [-0.39, 0.29) is 36.1 Å². The van der Waals surface area contributed by atoms with E-state index in [9.17, 15) is 20.3 Å². The van der Waals surface area contributed by atoms with E-state index in [0.29, 0.717) is 35.4 Å². The van der Waals surface area contributed by atoms with Gasteiger partial charge in [0.1, 0.15) is 17.9 Å². The Morgan fingerprint density at radius 2 is 2.08 bits per heavy atom. The molecule has 3 aromatic rings. The van der Waals surface area contributed by atoms with Gasteiger partial charge in [-0.25, -0.2) is 0 Å². The summed E-state index contributed by atoms with van der Waals surface area (Å²) in [5.74, 6) is 1.06. The molecule has 2 saturated carbocycles. The first-order valence-corrected chi connectivity index (χ1v) is 13.7. The number of aromatic amines is 1. The Bertz CT molecular complexity index is 1560. The van der Waals surface area contributed by atoms with Gasteiger partial charge in [0.05, 0.1) is 28.1 Å². The van der Waals surface area contributed by atoms with Gasteiger partial charge in [-0.05, 0) is 74.8 Å². The van der Waals surface area contributed by atoms with E-state index in [2.05, 4.69) is 21.3 Å². The van der Waals surface area contributed by atoms with Gasteiger partial charge in [0, 0.05) is 23.5 Å². The number of para-hydroxylation sites is 1. The number of likely N-dealkylation sites (tertiary alicyclic amines) is 1. The second-order valence-corrected chi connectivity index (χ2v) is 12.0. The Hall–Kier alpha value is -3.25. The molecule has 1 aromatic heterocycles. The van der Waals surface area contributed by atoms with Gasteiger partial charge >= 0.3 is 0 Å². The molecule has 8 rings (SSSR count). The first kappa shape index (κ1) is 24.8. The van der Waals surface area contributed by atoms with Gasteiger partial charge in [-0.15, -0.1) is 12.4 Å². The van der Waals surface area contributed by atoms with Crippen LogP contribution < -0.4 is 10.1 Å². The van der Waals surface area contributed by atoms with Gasteiger partial charge in [-0.1, -0.05) is 18.2 Å². The van der Waals surface area contributed by atoms with Crippen molar-refractivity contribution in [2.75, 3.05) is 13.1 Å². The van der Waals surface area contributed by atoms with Crippen molar-refractivity contribution in [2.45, 2.75) is 67.7 Å². The number of fused-ring (bicyclic) bond motifs is 1. The molecule has 2 aliphatic heterocycles. The number of phenolic OH excluding ortho intramolecular Hbond substituents is 1. The second-order valence-electron chi connectivity index (χ2n) is 12.0.